The van der Waals surface area contributed by atoms with Gasteiger partial charge in [0, 0.05) is 22.3 Å². The van der Waals surface area contributed by atoms with Crippen molar-refractivity contribution in [3.63, 3.8) is 0 Å². The fourth-order valence-electron chi connectivity index (χ4n) is 1.19. The molecule has 0 saturated carbocycles. The maximum Gasteiger partial charge on any atom is 0.0326 e. The molecule has 2 rings (SSSR count). The summed E-state index contributed by atoms with van der Waals surface area (Å²) in [6.07, 6.45) is 0. The Morgan fingerprint density at radius 2 is 1.62 bits per heavy atom. The number of halogens is 3. The number of benzene rings is 2. The maximum absolute atomic E-state index is 3.57. The number of hydrogen-bond donors (Lipinski definition) is 0. The molecule has 0 aliphatic rings. The molecule has 0 saturated heterocycles. The van der Waals surface area contributed by atoms with Gasteiger partial charge in [0.25, 0.3) is 0 Å². The van der Waals surface area contributed by atoms with E-state index in [1.54, 1.807) is 11.8 Å². The molecule has 0 aliphatic heterocycles. The molecule has 0 heterocycles. The Morgan fingerprint density at radius 3 is 2.25 bits per heavy atom. The van der Waals surface area contributed by atoms with Crippen molar-refractivity contribution in [3.8, 4) is 0 Å². The highest BCUT2D eigenvalue weighted by atomic mass is 127. The SMILES string of the molecule is Brc1ccc(Sc2ccc(I)cc2)c(Br)c1. The quantitative estimate of drug-likeness (QED) is 0.488. The lowest BCUT2D eigenvalue weighted by atomic mass is 10.4. The monoisotopic (exact) mass is 468 g/mol. The normalized spacial score (nSPS) is 10.4. The van der Waals surface area contributed by atoms with Gasteiger partial charge in [-0.3, -0.25) is 0 Å². The van der Waals surface area contributed by atoms with Crippen molar-refractivity contribution in [2.45, 2.75) is 9.79 Å². The second kappa shape index (κ2) is 5.89. The molecule has 0 bridgehead atoms. The van der Waals surface area contributed by atoms with E-state index >= 15 is 0 Å². The van der Waals surface area contributed by atoms with Crippen LogP contribution in [0.4, 0.5) is 0 Å². The fourth-order valence-corrected chi connectivity index (χ4v) is 3.66. The average molecular weight is 470 g/mol. The van der Waals surface area contributed by atoms with Gasteiger partial charge in [-0.05, 0) is 81.0 Å². The smallest absolute Gasteiger partial charge is 0.0326 e. The van der Waals surface area contributed by atoms with Crippen LogP contribution in [0.5, 0.6) is 0 Å². The first-order chi connectivity index (χ1) is 7.65. The molecule has 0 aromatic heterocycles. The first-order valence-corrected chi connectivity index (χ1v) is 8.02. The summed E-state index contributed by atoms with van der Waals surface area (Å²) in [6, 6.07) is 14.7. The van der Waals surface area contributed by atoms with E-state index in [0.29, 0.717) is 0 Å². The fraction of sp³-hybridized carbons (Fsp3) is 0. The largest absolute Gasteiger partial charge is 0.0889 e. The van der Waals surface area contributed by atoms with Gasteiger partial charge in [-0.2, -0.15) is 0 Å². The van der Waals surface area contributed by atoms with Crippen LogP contribution in [0.3, 0.4) is 0 Å². The lowest BCUT2D eigenvalue weighted by molar-refractivity contribution is 1.36. The van der Waals surface area contributed by atoms with Gasteiger partial charge in [-0.1, -0.05) is 27.7 Å². The van der Waals surface area contributed by atoms with E-state index in [0.717, 1.165) is 8.95 Å². The highest BCUT2D eigenvalue weighted by Crippen LogP contribution is 2.35. The molecule has 0 radical (unpaired) electrons. The van der Waals surface area contributed by atoms with Gasteiger partial charge in [-0.25, -0.2) is 0 Å². The van der Waals surface area contributed by atoms with Crippen LogP contribution >= 0.6 is 66.2 Å². The maximum atomic E-state index is 3.57. The van der Waals surface area contributed by atoms with E-state index in [1.165, 1.54) is 13.4 Å². The van der Waals surface area contributed by atoms with Crippen LogP contribution in [0, 0.1) is 3.57 Å². The van der Waals surface area contributed by atoms with Gasteiger partial charge < -0.3 is 0 Å². The Hall–Kier alpha value is 0.480. The Balaban J connectivity index is 2.23. The van der Waals surface area contributed by atoms with Crippen molar-refractivity contribution in [1.29, 1.82) is 0 Å². The van der Waals surface area contributed by atoms with Gasteiger partial charge in [-0.15, -0.1) is 0 Å². The van der Waals surface area contributed by atoms with Crippen molar-refractivity contribution in [2.75, 3.05) is 0 Å². The first kappa shape index (κ1) is 12.9. The van der Waals surface area contributed by atoms with E-state index in [4.69, 9.17) is 0 Å². The van der Waals surface area contributed by atoms with Crippen LogP contribution in [-0.4, -0.2) is 0 Å². The van der Waals surface area contributed by atoms with Crippen molar-refractivity contribution in [1.82, 2.24) is 0 Å². The van der Waals surface area contributed by atoms with Gasteiger partial charge in [0.05, 0.1) is 0 Å². The van der Waals surface area contributed by atoms with Crippen molar-refractivity contribution in [3.05, 3.63) is 55.0 Å². The summed E-state index contributed by atoms with van der Waals surface area (Å²) in [5.41, 5.74) is 0. The Kier molecular flexibility index (Phi) is 4.76. The third-order valence-electron chi connectivity index (χ3n) is 1.94. The summed E-state index contributed by atoms with van der Waals surface area (Å²) in [5, 5.41) is 0. The molecule has 0 spiro atoms. The Bertz CT molecular complexity index is 497. The predicted molar refractivity (Wildman–Crippen MR) is 85.1 cm³/mol. The van der Waals surface area contributed by atoms with Crippen LogP contribution < -0.4 is 0 Å². The molecule has 0 N–H and O–H groups in total. The van der Waals surface area contributed by atoms with E-state index in [9.17, 15) is 0 Å². The van der Waals surface area contributed by atoms with Crippen LogP contribution in [0.2, 0.25) is 0 Å². The van der Waals surface area contributed by atoms with E-state index in [1.807, 2.05) is 0 Å². The first-order valence-electron chi connectivity index (χ1n) is 4.53. The highest BCUT2D eigenvalue weighted by molar-refractivity contribution is 14.1. The summed E-state index contributed by atoms with van der Waals surface area (Å²) in [5.74, 6) is 0. The van der Waals surface area contributed by atoms with Crippen molar-refractivity contribution >= 4 is 66.2 Å². The van der Waals surface area contributed by atoms with E-state index in [-0.39, 0.29) is 0 Å². The second-order valence-corrected chi connectivity index (χ2v) is 7.26. The molecule has 0 nitrogen and oxygen atoms in total. The van der Waals surface area contributed by atoms with Crippen LogP contribution in [0.1, 0.15) is 0 Å². The van der Waals surface area contributed by atoms with Crippen molar-refractivity contribution in [2.24, 2.45) is 0 Å². The summed E-state index contributed by atoms with van der Waals surface area (Å²) >= 11 is 11.1. The van der Waals surface area contributed by atoms with Gasteiger partial charge in [0.15, 0.2) is 0 Å². The van der Waals surface area contributed by atoms with Crippen LogP contribution in [0.25, 0.3) is 0 Å². The molecule has 2 aromatic carbocycles. The number of hydrogen-bond acceptors (Lipinski definition) is 1. The lowest BCUT2D eigenvalue weighted by Crippen LogP contribution is -1.77. The standard InChI is InChI=1S/C12H7Br2IS/c13-8-1-6-12(11(14)7-8)16-10-4-2-9(15)3-5-10/h1-7H. The minimum Gasteiger partial charge on any atom is -0.0889 e. The molecule has 0 aliphatic carbocycles. The molecular weight excluding hydrogens is 463 g/mol. The molecule has 0 unspecified atom stereocenters. The number of rotatable bonds is 2. The Labute approximate surface area is 130 Å². The zero-order chi connectivity index (χ0) is 11.5. The third-order valence-corrected chi connectivity index (χ3v) is 5.15. The predicted octanol–water partition coefficient (Wildman–Crippen LogP) is 5.97. The zero-order valence-corrected chi connectivity index (χ0v) is 14.2. The van der Waals surface area contributed by atoms with Crippen LogP contribution in [0.15, 0.2) is 61.2 Å². The van der Waals surface area contributed by atoms with Gasteiger partial charge in [0.1, 0.15) is 0 Å². The molecule has 82 valence electrons. The molecule has 0 fully saturated rings. The van der Waals surface area contributed by atoms with Gasteiger partial charge >= 0.3 is 0 Å². The molecule has 16 heavy (non-hydrogen) atoms. The molecular formula is C12H7Br2IS. The summed E-state index contributed by atoms with van der Waals surface area (Å²) in [7, 11) is 0. The topological polar surface area (TPSA) is 0 Å². The van der Waals surface area contributed by atoms with E-state index < -0.39 is 0 Å². The lowest BCUT2D eigenvalue weighted by Gasteiger charge is -2.04. The second-order valence-electron chi connectivity index (χ2n) is 3.13. The molecule has 2 aromatic rings. The Morgan fingerprint density at radius 1 is 0.938 bits per heavy atom. The van der Waals surface area contributed by atoms with Crippen molar-refractivity contribution < 1.29 is 0 Å². The minimum atomic E-state index is 1.09. The third kappa shape index (κ3) is 3.48. The summed E-state index contributed by atoms with van der Waals surface area (Å²) < 4.78 is 3.47. The molecule has 0 atom stereocenters. The summed E-state index contributed by atoms with van der Waals surface area (Å²) in [4.78, 5) is 2.48. The highest BCUT2D eigenvalue weighted by Gasteiger charge is 2.02. The van der Waals surface area contributed by atoms with Crippen LogP contribution in [-0.2, 0) is 0 Å². The molecule has 0 amide bonds. The minimum absolute atomic E-state index is 1.09. The van der Waals surface area contributed by atoms with Gasteiger partial charge in [0.2, 0.25) is 0 Å². The van der Waals surface area contributed by atoms with E-state index in [2.05, 4.69) is 96.9 Å². The molecule has 4 heteroatoms. The zero-order valence-electron chi connectivity index (χ0n) is 8.08. The average Bonchev–Trinajstić information content (AvgIpc) is 2.25. The summed E-state index contributed by atoms with van der Waals surface area (Å²) in [6.45, 7) is 0.